The van der Waals surface area contributed by atoms with Crippen molar-refractivity contribution in [1.29, 1.82) is 0 Å². The molecule has 1 saturated carbocycles. The van der Waals surface area contributed by atoms with E-state index in [1.54, 1.807) is 0 Å². The fourth-order valence-electron chi connectivity index (χ4n) is 3.12. The molecule has 1 aromatic heterocycles. The van der Waals surface area contributed by atoms with Crippen LogP contribution >= 0.6 is 11.6 Å². The maximum atomic E-state index is 6.41. The van der Waals surface area contributed by atoms with E-state index in [1.165, 1.54) is 0 Å². The van der Waals surface area contributed by atoms with Crippen molar-refractivity contribution in [1.82, 2.24) is 15.0 Å². The van der Waals surface area contributed by atoms with E-state index in [-0.39, 0.29) is 6.04 Å². The molecule has 3 rings (SSSR count). The fraction of sp³-hybridized carbons (Fsp3) is 0.500. The lowest BCUT2D eigenvalue weighted by atomic mass is 9.98. The van der Waals surface area contributed by atoms with Crippen molar-refractivity contribution in [3.05, 3.63) is 46.6 Å². The maximum Gasteiger partial charge on any atom is 0.248 e. The third kappa shape index (κ3) is 2.89. The summed E-state index contributed by atoms with van der Waals surface area (Å²) in [5.74, 6) is 1.17. The Hall–Kier alpha value is -1.43. The zero-order chi connectivity index (χ0) is 15.7. The van der Waals surface area contributed by atoms with Crippen LogP contribution in [-0.2, 0) is 5.54 Å². The Morgan fingerprint density at radius 1 is 1.32 bits per heavy atom. The van der Waals surface area contributed by atoms with Gasteiger partial charge in [0.25, 0.3) is 0 Å². The third-order valence-electron chi connectivity index (χ3n) is 4.30. The Morgan fingerprint density at radius 3 is 2.68 bits per heavy atom. The largest absolute Gasteiger partial charge is 0.337 e. The second-order valence-electron chi connectivity index (χ2n) is 6.24. The van der Waals surface area contributed by atoms with Crippen molar-refractivity contribution in [3.63, 3.8) is 0 Å². The number of nitrogens with zero attached hydrogens (tertiary/aromatic N) is 3. The number of rotatable bonds is 4. The molecule has 2 N–H and O–H groups in total. The predicted octanol–water partition coefficient (Wildman–Crippen LogP) is 3.10. The van der Waals surface area contributed by atoms with Crippen molar-refractivity contribution in [3.8, 4) is 0 Å². The number of hydrogen-bond acceptors (Lipinski definition) is 5. The molecule has 1 fully saturated rings. The van der Waals surface area contributed by atoms with Crippen molar-refractivity contribution in [2.75, 3.05) is 14.1 Å². The van der Waals surface area contributed by atoms with Crippen LogP contribution < -0.4 is 5.73 Å². The molecular formula is C16H21ClN4O. The zero-order valence-electron chi connectivity index (χ0n) is 12.9. The quantitative estimate of drug-likeness (QED) is 0.937. The highest BCUT2D eigenvalue weighted by atomic mass is 35.5. The molecule has 1 aromatic carbocycles. The Morgan fingerprint density at radius 2 is 2.05 bits per heavy atom. The lowest BCUT2D eigenvalue weighted by molar-refractivity contribution is 0.259. The standard InChI is InChI=1S/C16H21ClN4O/c1-21(2)13(11-6-5-7-12(17)10-11)14-19-15(20-22-14)16(18)8-3-4-9-16/h5-7,10,13H,3-4,8-9,18H2,1-2H3. The molecule has 1 aliphatic rings. The molecule has 1 heterocycles. The first kappa shape index (κ1) is 15.5. The first-order chi connectivity index (χ1) is 10.5. The first-order valence-electron chi connectivity index (χ1n) is 7.54. The van der Waals surface area contributed by atoms with Gasteiger partial charge in [0.2, 0.25) is 5.89 Å². The first-order valence-corrected chi connectivity index (χ1v) is 7.92. The SMILES string of the molecule is CN(C)C(c1cccc(Cl)c1)c1nc(C2(N)CCCC2)no1. The van der Waals surface area contributed by atoms with E-state index in [2.05, 4.69) is 10.1 Å². The van der Waals surface area contributed by atoms with Gasteiger partial charge >= 0.3 is 0 Å². The molecule has 1 unspecified atom stereocenters. The van der Waals surface area contributed by atoms with E-state index in [1.807, 2.05) is 43.3 Å². The smallest absolute Gasteiger partial charge is 0.248 e. The molecule has 1 aliphatic carbocycles. The maximum absolute atomic E-state index is 6.41. The van der Waals surface area contributed by atoms with Crippen molar-refractivity contribution < 1.29 is 4.52 Å². The molecule has 0 amide bonds. The predicted molar refractivity (Wildman–Crippen MR) is 85.6 cm³/mol. The van der Waals surface area contributed by atoms with Gasteiger partial charge in [-0.1, -0.05) is 41.7 Å². The number of benzene rings is 1. The molecule has 2 aromatic rings. The molecule has 0 radical (unpaired) electrons. The summed E-state index contributed by atoms with van der Waals surface area (Å²) >= 11 is 6.11. The molecule has 0 aliphatic heterocycles. The lowest BCUT2D eigenvalue weighted by Gasteiger charge is -2.21. The molecule has 1 atom stereocenters. The van der Waals surface area contributed by atoms with Crippen LogP contribution in [0.2, 0.25) is 5.02 Å². The number of nitrogens with two attached hydrogens (primary N) is 1. The van der Waals surface area contributed by atoms with E-state index in [0.29, 0.717) is 16.7 Å². The van der Waals surface area contributed by atoms with Gasteiger partial charge in [-0.2, -0.15) is 4.98 Å². The van der Waals surface area contributed by atoms with E-state index < -0.39 is 5.54 Å². The molecule has 0 spiro atoms. The summed E-state index contributed by atoms with van der Waals surface area (Å²) in [6.45, 7) is 0. The van der Waals surface area contributed by atoms with E-state index in [4.69, 9.17) is 21.9 Å². The van der Waals surface area contributed by atoms with Crippen LogP contribution in [0.5, 0.6) is 0 Å². The van der Waals surface area contributed by atoms with Gasteiger partial charge in [-0.15, -0.1) is 0 Å². The zero-order valence-corrected chi connectivity index (χ0v) is 13.7. The van der Waals surface area contributed by atoms with Gasteiger partial charge in [0.1, 0.15) is 6.04 Å². The summed E-state index contributed by atoms with van der Waals surface area (Å²) in [5, 5.41) is 4.84. The number of hydrogen-bond donors (Lipinski definition) is 1. The molecule has 5 nitrogen and oxygen atoms in total. The minimum Gasteiger partial charge on any atom is -0.337 e. The van der Waals surface area contributed by atoms with Gasteiger partial charge < -0.3 is 10.3 Å². The van der Waals surface area contributed by atoms with Gasteiger partial charge in [0.05, 0.1) is 5.54 Å². The van der Waals surface area contributed by atoms with Crippen LogP contribution in [0.1, 0.15) is 49.0 Å². The Labute approximate surface area is 135 Å². The molecule has 118 valence electrons. The Kier molecular flexibility index (Phi) is 4.21. The highest BCUT2D eigenvalue weighted by Gasteiger charge is 2.37. The van der Waals surface area contributed by atoms with Crippen LogP contribution in [0.4, 0.5) is 0 Å². The average Bonchev–Trinajstić information content (AvgIpc) is 3.09. The summed E-state index contributed by atoms with van der Waals surface area (Å²) in [5.41, 5.74) is 6.99. The summed E-state index contributed by atoms with van der Waals surface area (Å²) in [6, 6.07) is 7.57. The average molecular weight is 321 g/mol. The van der Waals surface area contributed by atoms with Crippen LogP contribution in [0.15, 0.2) is 28.8 Å². The second kappa shape index (κ2) is 5.99. The summed E-state index contributed by atoms with van der Waals surface area (Å²) in [6.07, 6.45) is 4.06. The molecule has 0 bridgehead atoms. The van der Waals surface area contributed by atoms with Gasteiger partial charge in [0, 0.05) is 5.02 Å². The lowest BCUT2D eigenvalue weighted by Crippen LogP contribution is -2.34. The van der Waals surface area contributed by atoms with Crippen LogP contribution in [0, 0.1) is 0 Å². The monoisotopic (exact) mass is 320 g/mol. The van der Waals surface area contributed by atoms with E-state index in [0.717, 1.165) is 31.2 Å². The fourth-order valence-corrected chi connectivity index (χ4v) is 3.32. The molecule has 0 saturated heterocycles. The van der Waals surface area contributed by atoms with Crippen molar-refractivity contribution >= 4 is 11.6 Å². The van der Waals surface area contributed by atoms with Crippen LogP contribution in [0.3, 0.4) is 0 Å². The van der Waals surface area contributed by atoms with Gasteiger partial charge in [-0.25, -0.2) is 0 Å². The van der Waals surface area contributed by atoms with Gasteiger partial charge in [-0.3, -0.25) is 4.90 Å². The summed E-state index contributed by atoms with van der Waals surface area (Å²) in [7, 11) is 3.95. The van der Waals surface area contributed by atoms with E-state index >= 15 is 0 Å². The topological polar surface area (TPSA) is 68.2 Å². The normalized spacial score (nSPS) is 18.8. The van der Waals surface area contributed by atoms with Crippen LogP contribution in [-0.4, -0.2) is 29.1 Å². The second-order valence-corrected chi connectivity index (χ2v) is 6.68. The minimum atomic E-state index is -0.438. The highest BCUT2D eigenvalue weighted by molar-refractivity contribution is 6.30. The molecular weight excluding hydrogens is 300 g/mol. The molecule has 22 heavy (non-hydrogen) atoms. The number of halogens is 1. The minimum absolute atomic E-state index is 0.134. The van der Waals surface area contributed by atoms with Gasteiger partial charge in [0.15, 0.2) is 5.82 Å². The van der Waals surface area contributed by atoms with Gasteiger partial charge in [-0.05, 0) is 44.6 Å². The third-order valence-corrected chi connectivity index (χ3v) is 4.53. The van der Waals surface area contributed by atoms with Crippen molar-refractivity contribution in [2.45, 2.75) is 37.3 Å². The van der Waals surface area contributed by atoms with Crippen LogP contribution in [0.25, 0.3) is 0 Å². The molecule has 6 heteroatoms. The Balaban J connectivity index is 1.95. The highest BCUT2D eigenvalue weighted by Crippen LogP contribution is 2.36. The van der Waals surface area contributed by atoms with E-state index in [9.17, 15) is 0 Å². The Bertz CT molecular complexity index is 649. The summed E-state index contributed by atoms with van der Waals surface area (Å²) in [4.78, 5) is 6.63. The number of aromatic nitrogens is 2. The van der Waals surface area contributed by atoms with Crippen molar-refractivity contribution in [2.24, 2.45) is 5.73 Å². The summed E-state index contributed by atoms with van der Waals surface area (Å²) < 4.78 is 5.53.